The normalized spacial score (nSPS) is 31.0. The Bertz CT molecular complexity index is 308. The van der Waals surface area contributed by atoms with Crippen LogP contribution in [0.1, 0.15) is 103 Å². The average molecular weight is 335 g/mol. The third kappa shape index (κ3) is 7.30. The fourth-order valence-electron chi connectivity index (χ4n) is 5.00. The highest BCUT2D eigenvalue weighted by molar-refractivity contribution is 4.82. The zero-order valence-electron chi connectivity index (χ0n) is 16.3. The molecule has 0 amide bonds. The van der Waals surface area contributed by atoms with Crippen LogP contribution in [0.15, 0.2) is 12.7 Å². The third-order valence-electron chi connectivity index (χ3n) is 6.65. The fraction of sp³-hybridized carbons (Fsp3) is 0.913. The number of hydrogen-bond acceptors (Lipinski definition) is 1. The molecule has 2 saturated carbocycles. The van der Waals surface area contributed by atoms with E-state index >= 15 is 0 Å². The molecule has 0 aromatic heterocycles. The van der Waals surface area contributed by atoms with Crippen LogP contribution in [0.3, 0.4) is 0 Å². The van der Waals surface area contributed by atoms with Gasteiger partial charge < -0.3 is 4.74 Å². The Balaban J connectivity index is 1.54. The van der Waals surface area contributed by atoms with Crippen molar-refractivity contribution in [1.82, 2.24) is 0 Å². The molecule has 140 valence electrons. The molecule has 0 radical (unpaired) electrons. The maximum absolute atomic E-state index is 6.13. The predicted octanol–water partition coefficient (Wildman–Crippen LogP) is 7.30. The SMILES string of the molecule is C=CCCC[C@H]1CC[C@H](C2CCC(OCCCCCC)CC2)CC1. The van der Waals surface area contributed by atoms with Crippen LogP contribution in [-0.2, 0) is 4.74 Å². The Morgan fingerprint density at radius 3 is 2.12 bits per heavy atom. The largest absolute Gasteiger partial charge is 0.378 e. The molecule has 0 aromatic rings. The van der Waals surface area contributed by atoms with Crippen LogP contribution < -0.4 is 0 Å². The van der Waals surface area contributed by atoms with E-state index in [0.29, 0.717) is 6.10 Å². The van der Waals surface area contributed by atoms with Gasteiger partial charge in [0.1, 0.15) is 0 Å². The van der Waals surface area contributed by atoms with E-state index in [1.54, 1.807) is 0 Å². The van der Waals surface area contributed by atoms with Gasteiger partial charge in [-0.3, -0.25) is 0 Å². The van der Waals surface area contributed by atoms with E-state index in [-0.39, 0.29) is 0 Å². The van der Waals surface area contributed by atoms with E-state index in [0.717, 1.165) is 24.4 Å². The van der Waals surface area contributed by atoms with Crippen LogP contribution in [0.25, 0.3) is 0 Å². The Labute approximate surface area is 151 Å². The first-order valence-corrected chi connectivity index (χ1v) is 11.1. The van der Waals surface area contributed by atoms with Crippen LogP contribution >= 0.6 is 0 Å². The zero-order valence-corrected chi connectivity index (χ0v) is 16.3. The van der Waals surface area contributed by atoms with Gasteiger partial charge in [0.15, 0.2) is 0 Å². The Kier molecular flexibility index (Phi) is 10.1. The predicted molar refractivity (Wildman–Crippen MR) is 105 cm³/mol. The van der Waals surface area contributed by atoms with Gasteiger partial charge in [-0.2, -0.15) is 0 Å². The summed E-state index contributed by atoms with van der Waals surface area (Å²) in [4.78, 5) is 0. The number of rotatable bonds is 11. The summed E-state index contributed by atoms with van der Waals surface area (Å²) < 4.78 is 6.13. The molecule has 2 aliphatic rings. The molecule has 0 atom stereocenters. The molecule has 1 nitrogen and oxygen atoms in total. The molecule has 2 fully saturated rings. The quantitative estimate of drug-likeness (QED) is 0.284. The summed E-state index contributed by atoms with van der Waals surface area (Å²) in [5, 5.41) is 0. The smallest absolute Gasteiger partial charge is 0.0575 e. The van der Waals surface area contributed by atoms with E-state index in [4.69, 9.17) is 4.74 Å². The molecule has 0 N–H and O–H groups in total. The van der Waals surface area contributed by atoms with E-state index in [9.17, 15) is 0 Å². The molecule has 0 heterocycles. The summed E-state index contributed by atoms with van der Waals surface area (Å²) in [7, 11) is 0. The second-order valence-corrected chi connectivity index (χ2v) is 8.47. The maximum atomic E-state index is 6.13. The van der Waals surface area contributed by atoms with Gasteiger partial charge >= 0.3 is 0 Å². The second kappa shape index (κ2) is 12.1. The summed E-state index contributed by atoms with van der Waals surface area (Å²) in [5.41, 5.74) is 0. The van der Waals surface area contributed by atoms with Crippen LogP contribution in [0, 0.1) is 17.8 Å². The lowest BCUT2D eigenvalue weighted by Gasteiger charge is -2.38. The van der Waals surface area contributed by atoms with Gasteiger partial charge in [0.05, 0.1) is 6.10 Å². The van der Waals surface area contributed by atoms with Gasteiger partial charge in [-0.25, -0.2) is 0 Å². The highest BCUT2D eigenvalue weighted by Crippen LogP contribution is 2.41. The van der Waals surface area contributed by atoms with Crippen molar-refractivity contribution in [2.75, 3.05) is 6.61 Å². The van der Waals surface area contributed by atoms with Crippen LogP contribution in [0.2, 0.25) is 0 Å². The minimum Gasteiger partial charge on any atom is -0.378 e. The minimum absolute atomic E-state index is 0.582. The van der Waals surface area contributed by atoms with Crippen molar-refractivity contribution in [2.24, 2.45) is 17.8 Å². The Morgan fingerprint density at radius 2 is 1.50 bits per heavy atom. The van der Waals surface area contributed by atoms with E-state index < -0.39 is 0 Å². The van der Waals surface area contributed by atoms with Crippen molar-refractivity contribution in [3.8, 4) is 0 Å². The highest BCUT2D eigenvalue weighted by Gasteiger charge is 2.30. The number of hydrogen-bond donors (Lipinski definition) is 0. The van der Waals surface area contributed by atoms with Crippen LogP contribution in [0.5, 0.6) is 0 Å². The highest BCUT2D eigenvalue weighted by atomic mass is 16.5. The third-order valence-corrected chi connectivity index (χ3v) is 6.65. The molecular weight excluding hydrogens is 292 g/mol. The van der Waals surface area contributed by atoms with E-state index in [1.807, 2.05) is 0 Å². The van der Waals surface area contributed by atoms with Gasteiger partial charge in [0.2, 0.25) is 0 Å². The monoisotopic (exact) mass is 334 g/mol. The Hall–Kier alpha value is -0.300. The van der Waals surface area contributed by atoms with Gasteiger partial charge in [-0.15, -0.1) is 6.58 Å². The topological polar surface area (TPSA) is 9.23 Å². The van der Waals surface area contributed by atoms with Crippen molar-refractivity contribution in [3.63, 3.8) is 0 Å². The molecule has 0 aromatic carbocycles. The molecule has 0 aliphatic heterocycles. The maximum Gasteiger partial charge on any atom is 0.0575 e. The first kappa shape index (κ1) is 20.0. The average Bonchev–Trinajstić information content (AvgIpc) is 2.63. The molecular formula is C23H42O. The fourth-order valence-corrected chi connectivity index (χ4v) is 5.00. The van der Waals surface area contributed by atoms with Gasteiger partial charge in [0.25, 0.3) is 0 Å². The molecule has 0 bridgehead atoms. The molecule has 0 unspecified atom stereocenters. The summed E-state index contributed by atoms with van der Waals surface area (Å²) >= 11 is 0. The standard InChI is InChI=1S/C23H42O/c1-3-5-7-9-19-24-23-17-15-22(16-18-23)21-13-11-20(12-14-21)10-8-6-4-2/h4,20-23H,2-3,5-19H2,1H3/t20-,21-,22?,23?. The summed E-state index contributed by atoms with van der Waals surface area (Å²) in [5.74, 6) is 3.06. The van der Waals surface area contributed by atoms with Crippen LogP contribution in [0.4, 0.5) is 0 Å². The lowest BCUT2D eigenvalue weighted by Crippen LogP contribution is -2.28. The van der Waals surface area contributed by atoms with Gasteiger partial charge in [-0.05, 0) is 75.5 Å². The zero-order chi connectivity index (χ0) is 17.0. The van der Waals surface area contributed by atoms with Crippen molar-refractivity contribution in [2.45, 2.75) is 109 Å². The molecule has 2 rings (SSSR count). The van der Waals surface area contributed by atoms with Crippen LogP contribution in [-0.4, -0.2) is 12.7 Å². The summed E-state index contributed by atoms with van der Waals surface area (Å²) in [6, 6.07) is 0. The van der Waals surface area contributed by atoms with E-state index in [2.05, 4.69) is 19.6 Å². The molecule has 0 spiro atoms. The Morgan fingerprint density at radius 1 is 0.833 bits per heavy atom. The molecule has 1 heteroatoms. The lowest BCUT2D eigenvalue weighted by atomic mass is 9.70. The summed E-state index contributed by atoms with van der Waals surface area (Å²) in [6.45, 7) is 7.12. The number of unbranched alkanes of at least 4 members (excludes halogenated alkanes) is 4. The van der Waals surface area contributed by atoms with Gasteiger partial charge in [0, 0.05) is 6.61 Å². The first-order chi connectivity index (χ1) is 11.8. The molecule has 24 heavy (non-hydrogen) atoms. The lowest BCUT2D eigenvalue weighted by molar-refractivity contribution is 0.00530. The second-order valence-electron chi connectivity index (χ2n) is 8.47. The summed E-state index contributed by atoms with van der Waals surface area (Å²) in [6.07, 6.45) is 23.5. The van der Waals surface area contributed by atoms with Crippen molar-refractivity contribution >= 4 is 0 Å². The van der Waals surface area contributed by atoms with Crippen molar-refractivity contribution < 1.29 is 4.74 Å². The molecule has 2 aliphatic carbocycles. The van der Waals surface area contributed by atoms with Gasteiger partial charge in [-0.1, -0.05) is 51.5 Å². The van der Waals surface area contributed by atoms with Crippen molar-refractivity contribution in [1.29, 1.82) is 0 Å². The number of allylic oxidation sites excluding steroid dienone is 1. The first-order valence-electron chi connectivity index (χ1n) is 11.1. The minimum atomic E-state index is 0.582. The van der Waals surface area contributed by atoms with E-state index in [1.165, 1.54) is 96.3 Å². The number of ether oxygens (including phenoxy) is 1. The van der Waals surface area contributed by atoms with Crippen molar-refractivity contribution in [3.05, 3.63) is 12.7 Å². The molecule has 0 saturated heterocycles.